The number of amides is 2. The van der Waals surface area contributed by atoms with Crippen molar-refractivity contribution in [1.82, 2.24) is 10.3 Å². The van der Waals surface area contributed by atoms with Crippen LogP contribution in [0.1, 0.15) is 12.8 Å². The van der Waals surface area contributed by atoms with Crippen LogP contribution in [0.25, 0.3) is 0 Å². The number of carbonyl (C=O) groups is 2. The van der Waals surface area contributed by atoms with Crippen LogP contribution in [-0.4, -0.2) is 23.3 Å². The second-order valence-electron chi connectivity index (χ2n) is 3.88. The Morgan fingerprint density at radius 1 is 1.59 bits per heavy atom. The maximum Gasteiger partial charge on any atom is 0.229 e. The van der Waals surface area contributed by atoms with E-state index in [0.29, 0.717) is 25.1 Å². The minimum Gasteiger partial charge on any atom is -0.355 e. The standard InChI is InChI=1S/C11H12BrN3O2/c12-8-6-13-4-3-9(8)15-11(17)7-1-2-10(16)14-5-7/h3-4,6-7H,1-2,5H2,(H,14,16)(H,13,15,17). The highest BCUT2D eigenvalue weighted by atomic mass is 79.9. The third kappa shape index (κ3) is 3.03. The van der Waals surface area contributed by atoms with Crippen LogP contribution in [0.4, 0.5) is 5.69 Å². The predicted octanol–water partition coefficient (Wildman–Crippen LogP) is 1.31. The Bertz CT molecular complexity index is 440. The first-order valence-corrected chi connectivity index (χ1v) is 6.13. The third-order valence-electron chi connectivity index (χ3n) is 2.67. The molecule has 0 spiro atoms. The van der Waals surface area contributed by atoms with E-state index in [1.54, 1.807) is 18.5 Å². The molecule has 1 atom stereocenters. The molecule has 2 amide bonds. The molecule has 0 bridgehead atoms. The molecule has 1 aliphatic rings. The van der Waals surface area contributed by atoms with E-state index in [-0.39, 0.29) is 17.7 Å². The smallest absolute Gasteiger partial charge is 0.229 e. The Balaban J connectivity index is 1.98. The van der Waals surface area contributed by atoms with Crippen LogP contribution in [0, 0.1) is 5.92 Å². The normalized spacial score (nSPS) is 19.6. The van der Waals surface area contributed by atoms with Crippen LogP contribution in [-0.2, 0) is 9.59 Å². The second-order valence-corrected chi connectivity index (χ2v) is 4.74. The molecular weight excluding hydrogens is 286 g/mol. The van der Waals surface area contributed by atoms with Gasteiger partial charge in [-0.2, -0.15) is 0 Å². The molecule has 2 heterocycles. The van der Waals surface area contributed by atoms with E-state index in [4.69, 9.17) is 0 Å². The monoisotopic (exact) mass is 297 g/mol. The number of anilines is 1. The first kappa shape index (κ1) is 12.0. The maximum absolute atomic E-state index is 11.9. The third-order valence-corrected chi connectivity index (χ3v) is 3.30. The number of aromatic nitrogens is 1. The van der Waals surface area contributed by atoms with Crippen molar-refractivity contribution in [3.63, 3.8) is 0 Å². The van der Waals surface area contributed by atoms with E-state index in [9.17, 15) is 9.59 Å². The molecule has 5 nitrogen and oxygen atoms in total. The van der Waals surface area contributed by atoms with Gasteiger partial charge >= 0.3 is 0 Å². The zero-order valence-corrected chi connectivity index (χ0v) is 10.7. The van der Waals surface area contributed by atoms with E-state index in [1.807, 2.05) is 0 Å². The molecule has 17 heavy (non-hydrogen) atoms. The van der Waals surface area contributed by atoms with Crippen LogP contribution in [0.5, 0.6) is 0 Å². The highest BCUT2D eigenvalue weighted by molar-refractivity contribution is 9.10. The number of pyridine rings is 1. The van der Waals surface area contributed by atoms with Crippen LogP contribution >= 0.6 is 15.9 Å². The Morgan fingerprint density at radius 3 is 3.06 bits per heavy atom. The number of nitrogens with zero attached hydrogens (tertiary/aromatic N) is 1. The van der Waals surface area contributed by atoms with Gasteiger partial charge in [0.15, 0.2) is 0 Å². The highest BCUT2D eigenvalue weighted by Gasteiger charge is 2.24. The molecule has 1 fully saturated rings. The fourth-order valence-electron chi connectivity index (χ4n) is 1.67. The van der Waals surface area contributed by atoms with Gasteiger partial charge in [0.1, 0.15) is 0 Å². The van der Waals surface area contributed by atoms with E-state index in [0.717, 1.165) is 4.47 Å². The molecule has 90 valence electrons. The molecule has 6 heteroatoms. The SMILES string of the molecule is O=C1CCC(C(=O)Nc2ccncc2Br)CN1. The van der Waals surface area contributed by atoms with Gasteiger partial charge in [0.05, 0.1) is 16.1 Å². The lowest BCUT2D eigenvalue weighted by atomic mass is 9.98. The van der Waals surface area contributed by atoms with Gasteiger partial charge in [0, 0.05) is 25.4 Å². The molecular formula is C11H12BrN3O2. The van der Waals surface area contributed by atoms with Crippen LogP contribution in [0.2, 0.25) is 0 Å². The zero-order valence-electron chi connectivity index (χ0n) is 9.07. The summed E-state index contributed by atoms with van der Waals surface area (Å²) in [6, 6.07) is 1.73. The second kappa shape index (κ2) is 5.27. The molecule has 1 saturated heterocycles. The zero-order chi connectivity index (χ0) is 12.3. The Labute approximate surface area is 107 Å². The first-order chi connectivity index (χ1) is 8.16. The maximum atomic E-state index is 11.9. The number of halogens is 1. The molecule has 0 aliphatic carbocycles. The Morgan fingerprint density at radius 2 is 2.41 bits per heavy atom. The van der Waals surface area contributed by atoms with Crippen molar-refractivity contribution in [2.24, 2.45) is 5.92 Å². The molecule has 1 aliphatic heterocycles. The number of piperidine rings is 1. The van der Waals surface area contributed by atoms with Gasteiger partial charge in [-0.05, 0) is 28.4 Å². The average molecular weight is 298 g/mol. The molecule has 1 aromatic heterocycles. The lowest BCUT2D eigenvalue weighted by molar-refractivity contribution is -0.126. The summed E-state index contributed by atoms with van der Waals surface area (Å²) in [5.74, 6) is -0.219. The van der Waals surface area contributed by atoms with Gasteiger partial charge in [-0.1, -0.05) is 0 Å². The summed E-state index contributed by atoms with van der Waals surface area (Å²) in [6.45, 7) is 0.410. The van der Waals surface area contributed by atoms with Gasteiger partial charge in [-0.15, -0.1) is 0 Å². The number of hydrogen-bond acceptors (Lipinski definition) is 3. The number of nitrogens with one attached hydrogen (secondary N) is 2. The van der Waals surface area contributed by atoms with Crippen molar-refractivity contribution in [2.45, 2.75) is 12.8 Å². The lowest BCUT2D eigenvalue weighted by Gasteiger charge is -2.21. The van der Waals surface area contributed by atoms with Crippen LogP contribution in [0.15, 0.2) is 22.9 Å². The number of hydrogen-bond donors (Lipinski definition) is 2. The van der Waals surface area contributed by atoms with Crippen molar-refractivity contribution in [1.29, 1.82) is 0 Å². The summed E-state index contributed by atoms with van der Waals surface area (Å²) >= 11 is 3.31. The number of carbonyl (C=O) groups excluding carboxylic acids is 2. The van der Waals surface area contributed by atoms with Gasteiger partial charge in [0.2, 0.25) is 11.8 Å². The van der Waals surface area contributed by atoms with Crippen LogP contribution < -0.4 is 10.6 Å². The van der Waals surface area contributed by atoms with Gasteiger partial charge < -0.3 is 10.6 Å². The molecule has 2 N–H and O–H groups in total. The molecule has 0 aromatic carbocycles. The van der Waals surface area contributed by atoms with E-state index >= 15 is 0 Å². The summed E-state index contributed by atoms with van der Waals surface area (Å²) in [5.41, 5.74) is 0.696. The summed E-state index contributed by atoms with van der Waals surface area (Å²) in [7, 11) is 0. The molecule has 1 unspecified atom stereocenters. The van der Waals surface area contributed by atoms with E-state index < -0.39 is 0 Å². The van der Waals surface area contributed by atoms with Gasteiger partial charge in [0.25, 0.3) is 0 Å². The fourth-order valence-corrected chi connectivity index (χ4v) is 2.02. The summed E-state index contributed by atoms with van der Waals surface area (Å²) < 4.78 is 0.744. The van der Waals surface area contributed by atoms with Crippen molar-refractivity contribution < 1.29 is 9.59 Å². The minimum atomic E-state index is -0.159. The van der Waals surface area contributed by atoms with Gasteiger partial charge in [-0.3, -0.25) is 14.6 Å². The largest absolute Gasteiger partial charge is 0.355 e. The van der Waals surface area contributed by atoms with Crippen molar-refractivity contribution in [3.8, 4) is 0 Å². The molecule has 0 saturated carbocycles. The fraction of sp³-hybridized carbons (Fsp3) is 0.364. The van der Waals surface area contributed by atoms with Crippen molar-refractivity contribution in [2.75, 3.05) is 11.9 Å². The first-order valence-electron chi connectivity index (χ1n) is 5.34. The summed E-state index contributed by atoms with van der Waals surface area (Å²) in [6.07, 6.45) is 4.25. The van der Waals surface area contributed by atoms with Crippen LogP contribution in [0.3, 0.4) is 0 Å². The average Bonchev–Trinajstić information content (AvgIpc) is 2.33. The minimum absolute atomic E-state index is 0.0131. The van der Waals surface area contributed by atoms with E-state index in [2.05, 4.69) is 31.5 Å². The highest BCUT2D eigenvalue weighted by Crippen LogP contribution is 2.21. The molecule has 1 aromatic rings. The Hall–Kier alpha value is -1.43. The van der Waals surface area contributed by atoms with Gasteiger partial charge in [-0.25, -0.2) is 0 Å². The molecule has 2 rings (SSSR count). The Kier molecular flexibility index (Phi) is 3.73. The topological polar surface area (TPSA) is 71.1 Å². The van der Waals surface area contributed by atoms with Crippen molar-refractivity contribution in [3.05, 3.63) is 22.9 Å². The van der Waals surface area contributed by atoms with Crippen molar-refractivity contribution >= 4 is 33.4 Å². The summed E-state index contributed by atoms with van der Waals surface area (Å²) in [4.78, 5) is 26.8. The lowest BCUT2D eigenvalue weighted by Crippen LogP contribution is -2.40. The predicted molar refractivity (Wildman–Crippen MR) is 66.3 cm³/mol. The molecule has 0 radical (unpaired) electrons. The quantitative estimate of drug-likeness (QED) is 0.864. The van der Waals surface area contributed by atoms with E-state index in [1.165, 1.54) is 0 Å². The summed E-state index contributed by atoms with van der Waals surface area (Å²) in [5, 5.41) is 5.51. The number of rotatable bonds is 2.